The second kappa shape index (κ2) is 15.9. The fraction of sp³-hybridized carbons (Fsp3) is 0.357. The summed E-state index contributed by atoms with van der Waals surface area (Å²) in [6.07, 6.45) is 6.33. The highest BCUT2D eigenvalue weighted by Crippen LogP contribution is 2.23. The van der Waals surface area contributed by atoms with Gasteiger partial charge in [-0.25, -0.2) is 5.48 Å². The van der Waals surface area contributed by atoms with E-state index in [2.05, 4.69) is 10.1 Å². The van der Waals surface area contributed by atoms with Gasteiger partial charge in [-0.2, -0.15) is 0 Å². The zero-order valence-corrected chi connectivity index (χ0v) is 21.3. The summed E-state index contributed by atoms with van der Waals surface area (Å²) in [5, 5.41) is 11.5. The molecule has 3 N–H and O–H groups in total. The van der Waals surface area contributed by atoms with E-state index < -0.39 is 11.9 Å². The van der Waals surface area contributed by atoms with Gasteiger partial charge >= 0.3 is 5.97 Å². The number of nitrogens with one attached hydrogen (secondary N) is 2. The number of hydrogen-bond donors (Lipinski definition) is 3. The first-order chi connectivity index (χ1) is 17.8. The minimum absolute atomic E-state index is 0.156. The second-order valence-electron chi connectivity index (χ2n) is 8.58. The maximum atomic E-state index is 13.3. The van der Waals surface area contributed by atoms with Gasteiger partial charge in [0.2, 0.25) is 11.8 Å². The summed E-state index contributed by atoms with van der Waals surface area (Å²) in [6, 6.07) is 15.6. The van der Waals surface area contributed by atoms with Crippen molar-refractivity contribution < 1.29 is 29.1 Å². The van der Waals surface area contributed by atoms with Crippen LogP contribution in [0.4, 0.5) is 0 Å². The molecule has 1 atom stereocenters. The Bertz CT molecular complexity index is 1050. The minimum Gasteiger partial charge on any atom is -0.469 e. The number of likely N-dealkylation sites (N-methyl/N-ethyl adjacent to an activating group) is 1. The third-order valence-electron chi connectivity index (χ3n) is 5.88. The largest absolute Gasteiger partial charge is 0.469 e. The fourth-order valence-corrected chi connectivity index (χ4v) is 3.75. The summed E-state index contributed by atoms with van der Waals surface area (Å²) in [6.45, 7) is 0.329. The Morgan fingerprint density at radius 1 is 0.946 bits per heavy atom. The second-order valence-corrected chi connectivity index (χ2v) is 8.58. The first-order valence-corrected chi connectivity index (χ1v) is 12.2. The van der Waals surface area contributed by atoms with Crippen LogP contribution in [-0.4, -0.2) is 48.0 Å². The molecule has 2 rings (SSSR count). The van der Waals surface area contributed by atoms with Gasteiger partial charge in [0, 0.05) is 32.5 Å². The topological polar surface area (TPSA) is 125 Å². The normalized spacial score (nSPS) is 11.5. The van der Waals surface area contributed by atoms with Gasteiger partial charge in [0.25, 0.3) is 5.91 Å². The van der Waals surface area contributed by atoms with Crippen LogP contribution in [0.1, 0.15) is 61.3 Å². The molecular weight excluding hydrogens is 474 g/mol. The Morgan fingerprint density at radius 3 is 2.22 bits per heavy atom. The molecule has 0 radical (unpaired) electrons. The lowest BCUT2D eigenvalue weighted by Crippen LogP contribution is -2.41. The molecule has 9 nitrogen and oxygen atoms in total. The van der Waals surface area contributed by atoms with Crippen molar-refractivity contribution in [3.63, 3.8) is 0 Å². The highest BCUT2D eigenvalue weighted by molar-refractivity contribution is 5.91. The molecule has 0 aliphatic rings. The molecule has 0 heterocycles. The number of hydroxylamine groups is 1. The van der Waals surface area contributed by atoms with Crippen molar-refractivity contribution in [1.82, 2.24) is 15.7 Å². The Balaban J connectivity index is 2.07. The molecule has 2 aromatic carbocycles. The molecule has 3 amide bonds. The number of nitrogens with zero attached hydrogens (tertiary/aromatic N) is 1. The molecule has 0 fully saturated rings. The number of methoxy groups -OCH3 is 1. The van der Waals surface area contributed by atoms with Crippen LogP contribution in [0.25, 0.3) is 6.08 Å². The van der Waals surface area contributed by atoms with Crippen molar-refractivity contribution in [2.45, 2.75) is 51.1 Å². The molecule has 0 spiro atoms. The van der Waals surface area contributed by atoms with Gasteiger partial charge in [0.1, 0.15) is 6.04 Å². The van der Waals surface area contributed by atoms with Crippen LogP contribution in [0.2, 0.25) is 0 Å². The van der Waals surface area contributed by atoms with Crippen molar-refractivity contribution in [3.8, 4) is 0 Å². The molecule has 0 aromatic heterocycles. The van der Waals surface area contributed by atoms with Crippen molar-refractivity contribution in [3.05, 3.63) is 77.4 Å². The molecular formula is C28H35N3O6. The van der Waals surface area contributed by atoms with E-state index in [9.17, 15) is 19.2 Å². The van der Waals surface area contributed by atoms with Gasteiger partial charge in [0.05, 0.1) is 7.11 Å². The maximum absolute atomic E-state index is 13.3. The Labute approximate surface area is 217 Å². The quantitative estimate of drug-likeness (QED) is 0.118. The highest BCUT2D eigenvalue weighted by atomic mass is 16.5. The summed E-state index contributed by atoms with van der Waals surface area (Å²) < 4.78 is 4.63. The van der Waals surface area contributed by atoms with Crippen molar-refractivity contribution >= 4 is 29.8 Å². The van der Waals surface area contributed by atoms with Crippen LogP contribution in [-0.2, 0) is 30.5 Å². The minimum atomic E-state index is -0.839. The first kappa shape index (κ1) is 29.3. The predicted molar refractivity (Wildman–Crippen MR) is 139 cm³/mol. The molecule has 1 unspecified atom stereocenters. The summed E-state index contributed by atoms with van der Waals surface area (Å²) in [5.41, 5.74) is 3.79. The van der Waals surface area contributed by atoms with Crippen molar-refractivity contribution in [2.24, 2.45) is 0 Å². The van der Waals surface area contributed by atoms with Gasteiger partial charge in [-0.05, 0) is 35.6 Å². The standard InChI is InChI=1S/C28H35N3O6/c1-31(25(33)12-8-3-4-9-13-26(34)37-2)27(28(35)29-20-22-10-6-5-7-11-22)23-17-14-21(15-18-23)16-19-24(32)30-36/h5-7,10-11,14-19,27,36H,3-4,8-9,12-13,20H2,1-2H3,(H,29,35)(H,30,32)/b19-16+. The lowest BCUT2D eigenvalue weighted by molar-refractivity contribution is -0.140. The molecule has 0 aliphatic heterocycles. The van der Waals surface area contributed by atoms with E-state index in [0.717, 1.165) is 18.4 Å². The van der Waals surface area contributed by atoms with E-state index in [0.29, 0.717) is 36.9 Å². The lowest BCUT2D eigenvalue weighted by atomic mass is 10.0. The van der Waals surface area contributed by atoms with E-state index in [1.807, 2.05) is 30.3 Å². The third-order valence-corrected chi connectivity index (χ3v) is 5.88. The SMILES string of the molecule is COC(=O)CCCCCCC(=O)N(C)C(C(=O)NCc1ccccc1)c1ccc(/C=C/C(=O)NO)cc1. The molecule has 0 saturated carbocycles. The number of esters is 1. The van der Waals surface area contributed by atoms with Crippen LogP contribution in [0.5, 0.6) is 0 Å². The molecule has 198 valence electrons. The average Bonchev–Trinajstić information content (AvgIpc) is 2.93. The van der Waals surface area contributed by atoms with E-state index in [-0.39, 0.29) is 24.2 Å². The van der Waals surface area contributed by atoms with Crippen LogP contribution >= 0.6 is 0 Å². The third kappa shape index (κ3) is 10.3. The van der Waals surface area contributed by atoms with Gasteiger partial charge in [-0.15, -0.1) is 0 Å². The number of benzene rings is 2. The Morgan fingerprint density at radius 2 is 1.59 bits per heavy atom. The molecule has 0 bridgehead atoms. The molecule has 0 saturated heterocycles. The smallest absolute Gasteiger partial charge is 0.305 e. The number of rotatable bonds is 14. The Kier molecular flexibility index (Phi) is 12.6. The van der Waals surface area contributed by atoms with E-state index in [4.69, 9.17) is 5.21 Å². The van der Waals surface area contributed by atoms with E-state index >= 15 is 0 Å². The maximum Gasteiger partial charge on any atom is 0.305 e. The van der Waals surface area contributed by atoms with Crippen molar-refractivity contribution in [2.75, 3.05) is 14.2 Å². The Hall–Kier alpha value is -3.98. The molecule has 0 aliphatic carbocycles. The van der Waals surface area contributed by atoms with E-state index in [1.165, 1.54) is 29.6 Å². The van der Waals surface area contributed by atoms with Gasteiger partial charge in [-0.3, -0.25) is 24.4 Å². The average molecular weight is 510 g/mol. The summed E-state index contributed by atoms with van der Waals surface area (Å²) in [4.78, 5) is 50.2. The zero-order chi connectivity index (χ0) is 27.0. The number of carbonyl (C=O) groups excluding carboxylic acids is 4. The van der Waals surface area contributed by atoms with Crippen LogP contribution in [0, 0.1) is 0 Å². The summed E-state index contributed by atoms with van der Waals surface area (Å²) in [5.74, 6) is -1.35. The highest BCUT2D eigenvalue weighted by Gasteiger charge is 2.28. The monoisotopic (exact) mass is 509 g/mol. The number of unbranched alkanes of at least 4 members (excludes halogenated alkanes) is 3. The van der Waals surface area contributed by atoms with Crippen LogP contribution < -0.4 is 10.8 Å². The van der Waals surface area contributed by atoms with Gasteiger partial charge in [-0.1, -0.05) is 67.4 Å². The van der Waals surface area contributed by atoms with Gasteiger partial charge in [0.15, 0.2) is 0 Å². The van der Waals surface area contributed by atoms with Crippen LogP contribution in [0.3, 0.4) is 0 Å². The molecule has 37 heavy (non-hydrogen) atoms. The van der Waals surface area contributed by atoms with Crippen LogP contribution in [0.15, 0.2) is 60.7 Å². The zero-order valence-electron chi connectivity index (χ0n) is 21.3. The first-order valence-electron chi connectivity index (χ1n) is 12.2. The lowest BCUT2D eigenvalue weighted by Gasteiger charge is -2.28. The number of carbonyl (C=O) groups is 4. The van der Waals surface area contributed by atoms with Crippen molar-refractivity contribution in [1.29, 1.82) is 0 Å². The summed E-state index contributed by atoms with van der Waals surface area (Å²) >= 11 is 0. The summed E-state index contributed by atoms with van der Waals surface area (Å²) in [7, 11) is 2.98. The van der Waals surface area contributed by atoms with E-state index in [1.54, 1.807) is 31.3 Å². The fourth-order valence-electron chi connectivity index (χ4n) is 3.75. The molecule has 2 aromatic rings. The predicted octanol–water partition coefficient (Wildman–Crippen LogP) is 3.53. The number of amides is 3. The molecule has 9 heteroatoms. The number of hydrogen-bond acceptors (Lipinski definition) is 6. The number of ether oxygens (including phenoxy) is 1. The van der Waals surface area contributed by atoms with Gasteiger partial charge < -0.3 is 15.0 Å².